The molecule has 0 aliphatic carbocycles. The number of nitrogens with one attached hydrogen (secondary N) is 1. The Labute approximate surface area is 153 Å². The van der Waals surface area contributed by atoms with E-state index in [1.54, 1.807) is 27.4 Å². The van der Waals surface area contributed by atoms with Gasteiger partial charge in [-0.2, -0.15) is 0 Å². The quantitative estimate of drug-likeness (QED) is 0.855. The first kappa shape index (κ1) is 17.9. The lowest BCUT2D eigenvalue weighted by Gasteiger charge is -2.38. The number of amides is 1. The van der Waals surface area contributed by atoms with Crippen molar-refractivity contribution in [3.8, 4) is 17.2 Å². The van der Waals surface area contributed by atoms with Gasteiger partial charge in [0.1, 0.15) is 11.9 Å². The third-order valence-electron chi connectivity index (χ3n) is 4.52. The van der Waals surface area contributed by atoms with E-state index in [1.807, 2.05) is 35.2 Å². The Hall–Kier alpha value is -2.89. The SMILES string of the molecule is CCCN1C(=O)c2ccccc2N[C@H]1c1cc(OC)c(OC)cc1OC. The summed E-state index contributed by atoms with van der Waals surface area (Å²) >= 11 is 0. The van der Waals surface area contributed by atoms with Crippen molar-refractivity contribution in [1.82, 2.24) is 4.90 Å². The van der Waals surface area contributed by atoms with Crippen molar-refractivity contribution in [3.05, 3.63) is 47.5 Å². The molecular weight excluding hydrogens is 332 g/mol. The molecular formula is C20H24N2O4. The highest BCUT2D eigenvalue weighted by molar-refractivity contribution is 6.01. The zero-order valence-corrected chi connectivity index (χ0v) is 15.5. The summed E-state index contributed by atoms with van der Waals surface area (Å²) in [5.74, 6) is 1.81. The van der Waals surface area contributed by atoms with E-state index in [0.29, 0.717) is 29.4 Å². The molecule has 0 spiro atoms. The van der Waals surface area contributed by atoms with Gasteiger partial charge in [0, 0.05) is 23.9 Å². The summed E-state index contributed by atoms with van der Waals surface area (Å²) in [7, 11) is 4.78. The van der Waals surface area contributed by atoms with Crippen molar-refractivity contribution < 1.29 is 19.0 Å². The fourth-order valence-corrected chi connectivity index (χ4v) is 3.28. The van der Waals surface area contributed by atoms with Crippen LogP contribution in [-0.2, 0) is 0 Å². The summed E-state index contributed by atoms with van der Waals surface area (Å²) in [5.41, 5.74) is 2.31. The molecule has 1 aliphatic rings. The molecule has 0 aromatic heterocycles. The number of hydrogen-bond acceptors (Lipinski definition) is 5. The van der Waals surface area contributed by atoms with Crippen molar-refractivity contribution in [1.29, 1.82) is 0 Å². The minimum Gasteiger partial charge on any atom is -0.496 e. The van der Waals surface area contributed by atoms with E-state index >= 15 is 0 Å². The van der Waals surface area contributed by atoms with E-state index in [2.05, 4.69) is 12.2 Å². The van der Waals surface area contributed by atoms with Gasteiger partial charge in [-0.25, -0.2) is 0 Å². The van der Waals surface area contributed by atoms with E-state index < -0.39 is 0 Å². The minimum atomic E-state index is -0.355. The van der Waals surface area contributed by atoms with Crippen molar-refractivity contribution in [2.75, 3.05) is 33.2 Å². The van der Waals surface area contributed by atoms with Gasteiger partial charge in [-0.1, -0.05) is 19.1 Å². The Morgan fingerprint density at radius 2 is 1.65 bits per heavy atom. The molecule has 6 heteroatoms. The molecule has 0 saturated carbocycles. The van der Waals surface area contributed by atoms with Crippen molar-refractivity contribution in [2.45, 2.75) is 19.5 Å². The molecule has 0 bridgehead atoms. The molecule has 2 aromatic rings. The number of carbonyl (C=O) groups is 1. The van der Waals surface area contributed by atoms with Gasteiger partial charge in [0.25, 0.3) is 5.91 Å². The first-order chi connectivity index (χ1) is 12.6. The van der Waals surface area contributed by atoms with Crippen LogP contribution in [0.1, 0.15) is 35.4 Å². The highest BCUT2D eigenvalue weighted by Gasteiger charge is 2.34. The maximum absolute atomic E-state index is 13.1. The van der Waals surface area contributed by atoms with Crippen LogP contribution >= 0.6 is 0 Å². The van der Waals surface area contributed by atoms with Gasteiger partial charge in [-0.15, -0.1) is 0 Å². The van der Waals surface area contributed by atoms with Crippen LogP contribution in [-0.4, -0.2) is 38.7 Å². The van der Waals surface area contributed by atoms with Crippen LogP contribution in [0.5, 0.6) is 17.2 Å². The number of nitrogens with zero attached hydrogens (tertiary/aromatic N) is 1. The standard InChI is InChI=1S/C20H24N2O4/c1-5-10-22-19(21-15-9-7-6-8-13(15)20(22)23)14-11-17(25-3)18(26-4)12-16(14)24-2/h6-9,11-12,19,21H,5,10H2,1-4H3/t19-/m1/s1. The van der Waals surface area contributed by atoms with E-state index in [4.69, 9.17) is 14.2 Å². The van der Waals surface area contributed by atoms with Gasteiger partial charge in [0.15, 0.2) is 11.5 Å². The number of methoxy groups -OCH3 is 3. The highest BCUT2D eigenvalue weighted by Crippen LogP contribution is 2.42. The van der Waals surface area contributed by atoms with Crippen molar-refractivity contribution >= 4 is 11.6 Å². The highest BCUT2D eigenvalue weighted by atomic mass is 16.5. The van der Waals surface area contributed by atoms with Gasteiger partial charge < -0.3 is 24.4 Å². The third kappa shape index (κ3) is 3.03. The lowest BCUT2D eigenvalue weighted by Crippen LogP contribution is -2.43. The molecule has 138 valence electrons. The number of rotatable bonds is 6. The molecule has 3 rings (SSSR count). The molecule has 1 amide bonds. The molecule has 0 unspecified atom stereocenters. The summed E-state index contributed by atoms with van der Waals surface area (Å²) in [4.78, 5) is 14.9. The van der Waals surface area contributed by atoms with E-state index in [1.165, 1.54) is 0 Å². The maximum Gasteiger partial charge on any atom is 0.257 e. The zero-order valence-electron chi connectivity index (χ0n) is 15.5. The molecule has 2 aromatic carbocycles. The summed E-state index contributed by atoms with van der Waals surface area (Å²) < 4.78 is 16.4. The number of benzene rings is 2. The monoisotopic (exact) mass is 356 g/mol. The molecule has 26 heavy (non-hydrogen) atoms. The summed E-state index contributed by atoms with van der Waals surface area (Å²) in [5, 5.41) is 3.47. The van der Waals surface area contributed by atoms with Crippen LogP contribution < -0.4 is 19.5 Å². The molecule has 1 atom stereocenters. The van der Waals surface area contributed by atoms with Crippen LogP contribution in [0.3, 0.4) is 0 Å². The van der Waals surface area contributed by atoms with Gasteiger partial charge in [-0.05, 0) is 24.6 Å². The molecule has 1 heterocycles. The average Bonchev–Trinajstić information content (AvgIpc) is 2.69. The first-order valence-electron chi connectivity index (χ1n) is 8.61. The largest absolute Gasteiger partial charge is 0.496 e. The van der Waals surface area contributed by atoms with Gasteiger partial charge in [-0.3, -0.25) is 4.79 Å². The summed E-state index contributed by atoms with van der Waals surface area (Å²) in [6, 6.07) is 11.2. The lowest BCUT2D eigenvalue weighted by atomic mass is 10.0. The van der Waals surface area contributed by atoms with Crippen LogP contribution in [0.4, 0.5) is 5.69 Å². The Balaban J connectivity index is 2.13. The van der Waals surface area contributed by atoms with Gasteiger partial charge in [0.05, 0.1) is 26.9 Å². The number of para-hydroxylation sites is 1. The fourth-order valence-electron chi connectivity index (χ4n) is 3.28. The van der Waals surface area contributed by atoms with Crippen LogP contribution in [0.15, 0.2) is 36.4 Å². The van der Waals surface area contributed by atoms with Crippen molar-refractivity contribution in [2.24, 2.45) is 0 Å². The second-order valence-corrected chi connectivity index (χ2v) is 6.04. The zero-order chi connectivity index (χ0) is 18.7. The average molecular weight is 356 g/mol. The molecule has 1 N–H and O–H groups in total. The van der Waals surface area contributed by atoms with E-state index in [9.17, 15) is 4.79 Å². The number of hydrogen-bond donors (Lipinski definition) is 1. The topological polar surface area (TPSA) is 60.0 Å². The molecule has 0 fully saturated rings. The number of fused-ring (bicyclic) bond motifs is 1. The van der Waals surface area contributed by atoms with Crippen LogP contribution in [0, 0.1) is 0 Å². The van der Waals surface area contributed by atoms with Crippen molar-refractivity contribution in [3.63, 3.8) is 0 Å². The molecule has 0 radical (unpaired) electrons. The van der Waals surface area contributed by atoms with Crippen LogP contribution in [0.2, 0.25) is 0 Å². The Morgan fingerprint density at radius 3 is 2.31 bits per heavy atom. The lowest BCUT2D eigenvalue weighted by molar-refractivity contribution is 0.0681. The molecule has 0 saturated heterocycles. The van der Waals surface area contributed by atoms with Gasteiger partial charge >= 0.3 is 0 Å². The van der Waals surface area contributed by atoms with E-state index in [-0.39, 0.29) is 12.1 Å². The predicted molar refractivity (Wildman–Crippen MR) is 100 cm³/mol. The minimum absolute atomic E-state index is 0.00281. The number of ether oxygens (including phenoxy) is 3. The third-order valence-corrected chi connectivity index (χ3v) is 4.52. The Morgan fingerprint density at radius 1 is 1.00 bits per heavy atom. The number of carbonyl (C=O) groups excluding carboxylic acids is 1. The number of anilines is 1. The smallest absolute Gasteiger partial charge is 0.257 e. The second-order valence-electron chi connectivity index (χ2n) is 6.04. The van der Waals surface area contributed by atoms with Crippen LogP contribution in [0.25, 0.3) is 0 Å². The molecule has 6 nitrogen and oxygen atoms in total. The Kier molecular flexibility index (Phi) is 5.21. The van der Waals surface area contributed by atoms with E-state index in [0.717, 1.165) is 17.7 Å². The predicted octanol–water partition coefficient (Wildman–Crippen LogP) is 3.69. The summed E-state index contributed by atoms with van der Waals surface area (Å²) in [6.07, 6.45) is 0.494. The first-order valence-corrected chi connectivity index (χ1v) is 8.61. The normalized spacial score (nSPS) is 15.9. The second kappa shape index (κ2) is 7.56. The maximum atomic E-state index is 13.1. The molecule has 1 aliphatic heterocycles. The fraction of sp³-hybridized carbons (Fsp3) is 0.350. The Bertz CT molecular complexity index is 806. The van der Waals surface area contributed by atoms with Gasteiger partial charge in [0.2, 0.25) is 0 Å². The summed E-state index contributed by atoms with van der Waals surface area (Å²) in [6.45, 7) is 2.68.